The number of hydrogen-bond donors (Lipinski definition) is 1. The van der Waals surface area contributed by atoms with Crippen LogP contribution in [0.3, 0.4) is 0 Å². The van der Waals surface area contributed by atoms with Gasteiger partial charge in [0, 0.05) is 10.3 Å². The van der Waals surface area contributed by atoms with Crippen LogP contribution in [-0.4, -0.2) is 34.9 Å². The first-order valence-electron chi connectivity index (χ1n) is 8.98. The Hall–Kier alpha value is -1.73. The number of nitrogens with one attached hydrogen (secondary N) is 1. The van der Waals surface area contributed by atoms with Crippen LogP contribution in [0.15, 0.2) is 5.38 Å². The summed E-state index contributed by atoms with van der Waals surface area (Å²) in [7, 11) is 0. The Morgan fingerprint density at radius 2 is 1.88 bits per heavy atom. The lowest BCUT2D eigenvalue weighted by Crippen LogP contribution is -2.48. The number of thiophene rings is 1. The van der Waals surface area contributed by atoms with Crippen LogP contribution in [0.4, 0.5) is 0 Å². The lowest BCUT2D eigenvalue weighted by molar-refractivity contribution is -0.145. The molecular formula is C18H20N2O4S. The predicted octanol–water partition coefficient (Wildman–Crippen LogP) is 1.68. The molecule has 0 saturated carbocycles. The number of ether oxygens (including phenoxy) is 1. The second-order valence-corrected chi connectivity index (χ2v) is 8.66. The highest BCUT2D eigenvalue weighted by atomic mass is 32.1. The van der Waals surface area contributed by atoms with Gasteiger partial charge in [0.15, 0.2) is 0 Å². The maximum Gasteiger partial charge on any atom is 0.271 e. The molecule has 1 aromatic heterocycles. The molecule has 0 spiro atoms. The molecule has 3 amide bonds. The topological polar surface area (TPSA) is 75.7 Å². The van der Waals surface area contributed by atoms with Gasteiger partial charge in [-0.25, -0.2) is 0 Å². The summed E-state index contributed by atoms with van der Waals surface area (Å²) in [5.41, 5.74) is 4.29. The molecule has 0 unspecified atom stereocenters. The van der Waals surface area contributed by atoms with Gasteiger partial charge < -0.3 is 4.74 Å². The van der Waals surface area contributed by atoms with E-state index in [0.29, 0.717) is 11.5 Å². The molecule has 5 atom stereocenters. The quantitative estimate of drug-likeness (QED) is 0.814. The van der Waals surface area contributed by atoms with Crippen LogP contribution in [0, 0.1) is 17.8 Å². The second-order valence-electron chi connectivity index (χ2n) is 7.69. The third-order valence-corrected chi connectivity index (χ3v) is 7.20. The normalized spacial score (nSPS) is 35.9. The van der Waals surface area contributed by atoms with E-state index in [1.165, 1.54) is 4.88 Å². The minimum absolute atomic E-state index is 0.163. The summed E-state index contributed by atoms with van der Waals surface area (Å²) in [4.78, 5) is 39.3. The molecule has 0 aromatic carbocycles. The lowest BCUT2D eigenvalue weighted by Gasteiger charge is -2.21. The first kappa shape index (κ1) is 15.5. The van der Waals surface area contributed by atoms with Crippen LogP contribution in [0.2, 0.25) is 0 Å². The molecule has 1 aliphatic carbocycles. The molecule has 4 aliphatic rings. The van der Waals surface area contributed by atoms with Crippen molar-refractivity contribution in [2.75, 3.05) is 0 Å². The van der Waals surface area contributed by atoms with Gasteiger partial charge in [0.2, 0.25) is 0 Å². The molecule has 132 valence electrons. The summed E-state index contributed by atoms with van der Waals surface area (Å²) in [6, 6.07) is 0. The minimum atomic E-state index is -0.413. The monoisotopic (exact) mass is 360 g/mol. The highest BCUT2D eigenvalue weighted by Gasteiger charge is 2.62. The van der Waals surface area contributed by atoms with Crippen molar-refractivity contribution >= 4 is 29.1 Å². The average molecular weight is 360 g/mol. The van der Waals surface area contributed by atoms with E-state index in [0.717, 1.165) is 42.7 Å². The maximum atomic E-state index is 12.7. The number of amides is 3. The highest BCUT2D eigenvalue weighted by Crippen LogP contribution is 2.48. The molecule has 7 heteroatoms. The van der Waals surface area contributed by atoms with Crippen molar-refractivity contribution in [3.8, 4) is 0 Å². The van der Waals surface area contributed by atoms with Crippen LogP contribution in [0.5, 0.6) is 0 Å². The Kier molecular flexibility index (Phi) is 3.34. The molecule has 4 heterocycles. The Balaban J connectivity index is 1.37. The van der Waals surface area contributed by atoms with Gasteiger partial charge in [-0.2, -0.15) is 5.01 Å². The molecule has 3 fully saturated rings. The maximum absolute atomic E-state index is 12.7. The van der Waals surface area contributed by atoms with E-state index in [9.17, 15) is 14.4 Å². The van der Waals surface area contributed by atoms with Crippen LogP contribution in [0.25, 0.3) is 0 Å². The Morgan fingerprint density at radius 1 is 1.20 bits per heavy atom. The molecule has 3 saturated heterocycles. The summed E-state index contributed by atoms with van der Waals surface area (Å²) >= 11 is 1.60. The van der Waals surface area contributed by atoms with E-state index < -0.39 is 11.8 Å². The van der Waals surface area contributed by atoms with Gasteiger partial charge in [0.05, 0.1) is 29.6 Å². The minimum Gasteiger partial charge on any atom is -0.373 e. The fourth-order valence-electron chi connectivity index (χ4n) is 4.85. The number of nitrogens with zero attached hydrogens (tertiary/aromatic N) is 1. The predicted molar refractivity (Wildman–Crippen MR) is 89.7 cm³/mol. The molecule has 1 aromatic rings. The Labute approximate surface area is 149 Å². The average Bonchev–Trinajstić information content (AvgIpc) is 3.34. The van der Waals surface area contributed by atoms with Gasteiger partial charge in [-0.15, -0.1) is 11.3 Å². The van der Waals surface area contributed by atoms with E-state index in [1.54, 1.807) is 11.3 Å². The van der Waals surface area contributed by atoms with E-state index in [-0.39, 0.29) is 29.9 Å². The van der Waals surface area contributed by atoms with E-state index in [2.05, 4.69) is 12.3 Å². The second kappa shape index (κ2) is 5.38. The number of carbonyl (C=O) groups is 3. The smallest absolute Gasteiger partial charge is 0.271 e. The molecular weight excluding hydrogens is 340 g/mol. The lowest BCUT2D eigenvalue weighted by atomic mass is 9.81. The molecule has 5 rings (SSSR count). The van der Waals surface area contributed by atoms with Crippen molar-refractivity contribution < 1.29 is 19.1 Å². The van der Waals surface area contributed by atoms with Crippen LogP contribution in [-0.2, 0) is 27.2 Å². The van der Waals surface area contributed by atoms with Crippen LogP contribution < -0.4 is 5.43 Å². The zero-order valence-corrected chi connectivity index (χ0v) is 14.8. The fraction of sp³-hybridized carbons (Fsp3) is 0.611. The first-order valence-corrected chi connectivity index (χ1v) is 9.86. The number of fused-ring (bicyclic) bond motifs is 6. The van der Waals surface area contributed by atoms with Crippen molar-refractivity contribution in [1.82, 2.24) is 10.4 Å². The van der Waals surface area contributed by atoms with Gasteiger partial charge in [-0.1, -0.05) is 6.92 Å². The van der Waals surface area contributed by atoms with Crippen molar-refractivity contribution in [3.63, 3.8) is 0 Å². The molecule has 3 aliphatic heterocycles. The van der Waals surface area contributed by atoms with E-state index >= 15 is 0 Å². The Bertz CT molecular complexity index is 760. The van der Waals surface area contributed by atoms with Gasteiger partial charge >= 0.3 is 0 Å². The number of imide groups is 1. The van der Waals surface area contributed by atoms with Crippen LogP contribution >= 0.6 is 11.3 Å². The number of rotatable bonds is 2. The van der Waals surface area contributed by atoms with Crippen molar-refractivity contribution in [2.24, 2.45) is 17.8 Å². The van der Waals surface area contributed by atoms with Crippen molar-refractivity contribution in [1.29, 1.82) is 0 Å². The van der Waals surface area contributed by atoms with Crippen molar-refractivity contribution in [2.45, 2.75) is 51.2 Å². The van der Waals surface area contributed by atoms with Gasteiger partial charge in [-0.05, 0) is 43.6 Å². The number of hydrogen-bond acceptors (Lipinski definition) is 5. The highest BCUT2D eigenvalue weighted by molar-refractivity contribution is 7.10. The summed E-state index contributed by atoms with van der Waals surface area (Å²) in [5, 5.41) is 2.82. The molecule has 1 N–H and O–H groups in total. The molecule has 2 bridgehead atoms. The van der Waals surface area contributed by atoms with Gasteiger partial charge in [-0.3, -0.25) is 19.8 Å². The largest absolute Gasteiger partial charge is 0.373 e. The van der Waals surface area contributed by atoms with E-state index in [1.807, 2.05) is 5.38 Å². The molecule has 25 heavy (non-hydrogen) atoms. The fourth-order valence-corrected chi connectivity index (χ4v) is 6.10. The third kappa shape index (κ3) is 2.15. The number of carbonyl (C=O) groups excluding carboxylic acids is 3. The van der Waals surface area contributed by atoms with Crippen LogP contribution in [0.1, 0.15) is 47.0 Å². The van der Waals surface area contributed by atoms with Crippen molar-refractivity contribution in [3.05, 3.63) is 21.4 Å². The Morgan fingerprint density at radius 3 is 2.56 bits per heavy atom. The summed E-state index contributed by atoms with van der Waals surface area (Å²) in [6.07, 6.45) is 4.27. The van der Waals surface area contributed by atoms with E-state index in [4.69, 9.17) is 4.74 Å². The van der Waals surface area contributed by atoms with Gasteiger partial charge in [0.1, 0.15) is 0 Å². The SMILES string of the molecule is C[C@@H]1CCc2c(C(=O)NN3C(=O)[C@@H]4[C@@H](C3=O)[C@@H]3CC[C@@H]4O3)csc2C1. The summed E-state index contributed by atoms with van der Waals surface area (Å²) in [6.45, 7) is 2.22. The summed E-state index contributed by atoms with van der Waals surface area (Å²) in [5.74, 6) is -1.16. The third-order valence-electron chi connectivity index (χ3n) is 6.14. The zero-order valence-electron chi connectivity index (χ0n) is 14.0. The zero-order chi connectivity index (χ0) is 17.3. The van der Waals surface area contributed by atoms with Gasteiger partial charge in [0.25, 0.3) is 17.7 Å². The standard InChI is InChI=1S/C18H20N2O4S/c1-8-2-3-9-10(7-25-13(9)6-8)16(21)19-20-17(22)14-11-4-5-12(24-11)15(14)18(20)23/h7-8,11-12,14-15H,2-6H2,1H3,(H,19,21)/t8-,11+,12+,14+,15+/m1/s1. The first-order chi connectivity index (χ1) is 12.0. The molecule has 6 nitrogen and oxygen atoms in total. The molecule has 0 radical (unpaired) electrons. The number of hydrazine groups is 1. The summed E-state index contributed by atoms with van der Waals surface area (Å²) < 4.78 is 5.71.